The van der Waals surface area contributed by atoms with Crippen LogP contribution in [0.25, 0.3) is 11.0 Å². The first-order chi connectivity index (χ1) is 13.1. The van der Waals surface area contributed by atoms with Crippen molar-refractivity contribution in [3.63, 3.8) is 0 Å². The topological polar surface area (TPSA) is 107 Å². The Kier molecular flexibility index (Phi) is 4.47. The first-order valence-corrected chi connectivity index (χ1v) is 8.61. The van der Waals surface area contributed by atoms with Crippen molar-refractivity contribution in [1.29, 1.82) is 0 Å². The maximum atomic E-state index is 12.5. The zero-order chi connectivity index (χ0) is 18.8. The summed E-state index contributed by atoms with van der Waals surface area (Å²) in [5.41, 5.74) is 1.53. The molecule has 0 radical (unpaired) electrons. The van der Waals surface area contributed by atoms with Crippen molar-refractivity contribution in [2.24, 2.45) is 0 Å². The van der Waals surface area contributed by atoms with Crippen LogP contribution in [0.4, 0.5) is 11.4 Å². The van der Waals surface area contributed by atoms with E-state index in [0.717, 1.165) is 18.8 Å². The number of carbonyl (C=O) groups excluding carboxylic acids is 1. The molecule has 1 aliphatic heterocycles. The number of carbonyl (C=O) groups is 1. The first-order valence-electron chi connectivity index (χ1n) is 8.61. The SMILES string of the molecule is O=C(Nc1ccc(N2CCOCC2)cc1)c1ccc2[nH]c(=O)c(=O)[nH]c2c1. The van der Waals surface area contributed by atoms with Gasteiger partial charge in [-0.2, -0.15) is 0 Å². The average Bonchev–Trinajstić information content (AvgIpc) is 2.70. The highest BCUT2D eigenvalue weighted by Gasteiger charge is 2.12. The molecule has 1 aliphatic rings. The van der Waals surface area contributed by atoms with Crippen molar-refractivity contribution in [3.8, 4) is 0 Å². The van der Waals surface area contributed by atoms with E-state index in [1.54, 1.807) is 12.1 Å². The Morgan fingerprint density at radius 3 is 2.30 bits per heavy atom. The summed E-state index contributed by atoms with van der Waals surface area (Å²) in [5, 5.41) is 2.83. The van der Waals surface area contributed by atoms with Crippen LogP contribution in [-0.2, 0) is 4.74 Å². The van der Waals surface area contributed by atoms with Gasteiger partial charge in [0.15, 0.2) is 0 Å². The quantitative estimate of drug-likeness (QED) is 0.606. The molecule has 0 unspecified atom stereocenters. The summed E-state index contributed by atoms with van der Waals surface area (Å²) < 4.78 is 5.35. The average molecular weight is 366 g/mol. The minimum atomic E-state index is -0.751. The number of nitrogens with zero attached hydrogens (tertiary/aromatic N) is 1. The molecule has 0 bridgehead atoms. The highest BCUT2D eigenvalue weighted by atomic mass is 16.5. The van der Waals surface area contributed by atoms with Crippen molar-refractivity contribution in [2.75, 3.05) is 36.5 Å². The van der Waals surface area contributed by atoms with E-state index in [9.17, 15) is 14.4 Å². The molecule has 0 aliphatic carbocycles. The largest absolute Gasteiger partial charge is 0.378 e. The van der Waals surface area contributed by atoms with E-state index in [0.29, 0.717) is 35.5 Å². The van der Waals surface area contributed by atoms with Gasteiger partial charge >= 0.3 is 11.1 Å². The third-order valence-electron chi connectivity index (χ3n) is 4.49. The van der Waals surface area contributed by atoms with Crippen LogP contribution in [-0.4, -0.2) is 42.2 Å². The minimum absolute atomic E-state index is 0.303. The Morgan fingerprint density at radius 2 is 1.59 bits per heavy atom. The number of hydrogen-bond acceptors (Lipinski definition) is 5. The fraction of sp³-hybridized carbons (Fsp3) is 0.211. The summed E-state index contributed by atoms with van der Waals surface area (Å²) in [5.74, 6) is -0.303. The van der Waals surface area contributed by atoms with Crippen LogP contribution < -0.4 is 21.3 Å². The van der Waals surface area contributed by atoms with Crippen LogP contribution >= 0.6 is 0 Å². The molecule has 0 spiro atoms. The fourth-order valence-electron chi connectivity index (χ4n) is 3.04. The van der Waals surface area contributed by atoms with Gasteiger partial charge in [0.25, 0.3) is 5.91 Å². The number of morpholine rings is 1. The Morgan fingerprint density at radius 1 is 0.926 bits per heavy atom. The van der Waals surface area contributed by atoms with E-state index in [2.05, 4.69) is 20.2 Å². The van der Waals surface area contributed by atoms with Crippen molar-refractivity contribution in [3.05, 3.63) is 68.7 Å². The van der Waals surface area contributed by atoms with Gasteiger partial charge in [-0.3, -0.25) is 14.4 Å². The smallest absolute Gasteiger partial charge is 0.314 e. The summed E-state index contributed by atoms with van der Waals surface area (Å²) in [6.45, 7) is 3.13. The second-order valence-electron chi connectivity index (χ2n) is 6.27. The molecule has 3 N–H and O–H groups in total. The van der Waals surface area contributed by atoms with Gasteiger partial charge < -0.3 is 24.9 Å². The maximum Gasteiger partial charge on any atom is 0.314 e. The Bertz CT molecular complexity index is 1100. The third-order valence-corrected chi connectivity index (χ3v) is 4.49. The summed E-state index contributed by atoms with van der Waals surface area (Å²) in [7, 11) is 0. The van der Waals surface area contributed by atoms with Crippen LogP contribution in [0, 0.1) is 0 Å². The van der Waals surface area contributed by atoms with Crippen molar-refractivity contribution in [2.45, 2.75) is 0 Å². The van der Waals surface area contributed by atoms with E-state index in [-0.39, 0.29) is 5.91 Å². The van der Waals surface area contributed by atoms with Gasteiger partial charge in [0.2, 0.25) is 0 Å². The lowest BCUT2D eigenvalue weighted by Crippen LogP contribution is -2.36. The Balaban J connectivity index is 1.51. The lowest BCUT2D eigenvalue weighted by Gasteiger charge is -2.28. The molecule has 4 rings (SSSR count). The molecular formula is C19H18N4O4. The molecule has 1 saturated heterocycles. The Hall–Kier alpha value is -3.39. The molecule has 27 heavy (non-hydrogen) atoms. The fourth-order valence-corrected chi connectivity index (χ4v) is 3.04. The molecule has 2 heterocycles. The first kappa shape index (κ1) is 17.0. The maximum absolute atomic E-state index is 12.5. The number of amides is 1. The van der Waals surface area contributed by atoms with Gasteiger partial charge in [-0.25, -0.2) is 0 Å². The number of ether oxygens (including phenoxy) is 1. The summed E-state index contributed by atoms with van der Waals surface area (Å²) >= 11 is 0. The normalized spacial score (nSPS) is 14.3. The summed E-state index contributed by atoms with van der Waals surface area (Å²) in [4.78, 5) is 42.5. The second kappa shape index (κ2) is 7.08. The lowest BCUT2D eigenvalue weighted by molar-refractivity contribution is 0.102. The molecule has 138 valence electrons. The van der Waals surface area contributed by atoms with Gasteiger partial charge in [-0.1, -0.05) is 0 Å². The van der Waals surface area contributed by atoms with Crippen molar-refractivity contribution in [1.82, 2.24) is 9.97 Å². The van der Waals surface area contributed by atoms with Crippen LogP contribution in [0.1, 0.15) is 10.4 Å². The van der Waals surface area contributed by atoms with Gasteiger partial charge in [-0.15, -0.1) is 0 Å². The molecule has 3 aromatic rings. The van der Waals surface area contributed by atoms with Crippen LogP contribution in [0.2, 0.25) is 0 Å². The number of anilines is 2. The summed E-state index contributed by atoms with van der Waals surface area (Å²) in [6, 6.07) is 12.3. The minimum Gasteiger partial charge on any atom is -0.378 e. The number of H-pyrrole nitrogens is 2. The standard InChI is InChI=1S/C19H18N4O4/c24-17(12-1-6-15-16(11-12)22-19(26)18(25)21-15)20-13-2-4-14(5-3-13)23-7-9-27-10-8-23/h1-6,11H,7-10H2,(H,20,24)(H,21,25)(H,22,26). The molecule has 0 saturated carbocycles. The predicted octanol–water partition coefficient (Wildman–Crippen LogP) is 1.31. The van der Waals surface area contributed by atoms with Gasteiger partial charge in [0.05, 0.1) is 24.2 Å². The van der Waals surface area contributed by atoms with E-state index in [4.69, 9.17) is 4.74 Å². The molecule has 1 aromatic heterocycles. The third kappa shape index (κ3) is 3.61. The Labute approximate surface area is 153 Å². The highest BCUT2D eigenvalue weighted by Crippen LogP contribution is 2.20. The van der Waals surface area contributed by atoms with E-state index in [1.807, 2.05) is 24.3 Å². The van der Waals surface area contributed by atoms with Crippen molar-refractivity contribution < 1.29 is 9.53 Å². The second-order valence-corrected chi connectivity index (χ2v) is 6.27. The number of hydrogen-bond donors (Lipinski definition) is 3. The van der Waals surface area contributed by atoms with Gasteiger partial charge in [0.1, 0.15) is 0 Å². The number of aromatic nitrogens is 2. The molecule has 1 amide bonds. The van der Waals surface area contributed by atoms with E-state index < -0.39 is 11.1 Å². The monoisotopic (exact) mass is 366 g/mol. The van der Waals surface area contributed by atoms with Crippen LogP contribution in [0.5, 0.6) is 0 Å². The molecule has 2 aromatic carbocycles. The van der Waals surface area contributed by atoms with Crippen LogP contribution in [0.15, 0.2) is 52.1 Å². The zero-order valence-corrected chi connectivity index (χ0v) is 14.5. The van der Waals surface area contributed by atoms with Gasteiger partial charge in [-0.05, 0) is 42.5 Å². The van der Waals surface area contributed by atoms with Gasteiger partial charge in [0, 0.05) is 30.0 Å². The van der Waals surface area contributed by atoms with Crippen molar-refractivity contribution >= 4 is 28.3 Å². The molecule has 0 atom stereocenters. The molecule has 8 heteroatoms. The number of fused-ring (bicyclic) bond motifs is 1. The highest BCUT2D eigenvalue weighted by molar-refractivity contribution is 6.05. The van der Waals surface area contributed by atoms with Crippen LogP contribution in [0.3, 0.4) is 0 Å². The lowest BCUT2D eigenvalue weighted by atomic mass is 10.1. The zero-order valence-electron chi connectivity index (χ0n) is 14.5. The predicted molar refractivity (Wildman–Crippen MR) is 103 cm³/mol. The summed E-state index contributed by atoms with van der Waals surface area (Å²) in [6.07, 6.45) is 0. The van der Waals surface area contributed by atoms with E-state index >= 15 is 0 Å². The number of benzene rings is 2. The molecule has 8 nitrogen and oxygen atoms in total. The molecular weight excluding hydrogens is 348 g/mol. The number of nitrogens with one attached hydrogen (secondary N) is 3. The number of rotatable bonds is 3. The number of aromatic amines is 2. The molecule has 1 fully saturated rings. The van der Waals surface area contributed by atoms with E-state index in [1.165, 1.54) is 6.07 Å².